The van der Waals surface area contributed by atoms with E-state index in [9.17, 15) is 4.79 Å². The van der Waals surface area contributed by atoms with Crippen LogP contribution in [0.25, 0.3) is 0 Å². The molecular weight excluding hydrogens is 272 g/mol. The molecular formula is C14H22N4OS. The predicted octanol–water partition coefficient (Wildman–Crippen LogP) is 1.88. The van der Waals surface area contributed by atoms with Crippen LogP contribution in [0.3, 0.4) is 0 Å². The Kier molecular flexibility index (Phi) is 4.21. The average molecular weight is 294 g/mol. The van der Waals surface area contributed by atoms with E-state index < -0.39 is 0 Å². The molecule has 6 heteroatoms. The monoisotopic (exact) mass is 294 g/mol. The van der Waals surface area contributed by atoms with Crippen molar-refractivity contribution in [1.29, 1.82) is 0 Å². The van der Waals surface area contributed by atoms with Crippen molar-refractivity contribution in [1.82, 2.24) is 20.5 Å². The van der Waals surface area contributed by atoms with Gasteiger partial charge in [0, 0.05) is 29.7 Å². The minimum Gasteiger partial charge on any atom is -0.334 e. The molecule has 3 heterocycles. The van der Waals surface area contributed by atoms with E-state index in [0.717, 1.165) is 23.7 Å². The zero-order valence-electron chi connectivity index (χ0n) is 11.9. The summed E-state index contributed by atoms with van der Waals surface area (Å²) in [7, 11) is 0. The Hall–Kier alpha value is -1.14. The van der Waals surface area contributed by atoms with Gasteiger partial charge in [-0.3, -0.25) is 4.90 Å². The number of nitrogens with one attached hydrogen (secondary N) is 2. The van der Waals surface area contributed by atoms with Gasteiger partial charge < -0.3 is 10.6 Å². The van der Waals surface area contributed by atoms with Crippen molar-refractivity contribution in [2.24, 2.45) is 0 Å². The molecule has 0 unspecified atom stereocenters. The molecule has 2 fully saturated rings. The topological polar surface area (TPSA) is 57.3 Å². The molecule has 2 aliphatic heterocycles. The largest absolute Gasteiger partial charge is 0.334 e. The van der Waals surface area contributed by atoms with Crippen LogP contribution in [-0.2, 0) is 6.54 Å². The van der Waals surface area contributed by atoms with Crippen molar-refractivity contribution in [3.63, 3.8) is 0 Å². The van der Waals surface area contributed by atoms with E-state index in [1.807, 2.05) is 12.3 Å². The van der Waals surface area contributed by atoms with Crippen molar-refractivity contribution in [2.45, 2.75) is 51.2 Å². The standard InChI is InChI=1S/C14H22N4OS/c1-10-9-20-13(16-10)8-15-14(19)17-11-5-7-18-6-3-2-4-12(11)18/h9,11-12H,2-8H2,1H3,(H2,15,17,19)/t11-,12-/m1/s1. The number of urea groups is 1. The fourth-order valence-corrected chi connectivity index (χ4v) is 3.99. The predicted molar refractivity (Wildman–Crippen MR) is 79.8 cm³/mol. The second-order valence-corrected chi connectivity index (χ2v) is 6.65. The van der Waals surface area contributed by atoms with Crippen LogP contribution >= 0.6 is 11.3 Å². The van der Waals surface area contributed by atoms with Gasteiger partial charge >= 0.3 is 6.03 Å². The molecule has 2 N–H and O–H groups in total. The number of piperidine rings is 1. The molecule has 0 bridgehead atoms. The van der Waals surface area contributed by atoms with Gasteiger partial charge in [-0.2, -0.15) is 0 Å². The molecule has 1 aromatic heterocycles. The number of rotatable bonds is 3. The SMILES string of the molecule is Cc1csc(CNC(=O)N[C@@H]2CCN3CCCC[C@H]23)n1. The summed E-state index contributed by atoms with van der Waals surface area (Å²) in [5, 5.41) is 9.02. The Morgan fingerprint density at radius 1 is 1.45 bits per heavy atom. The fourth-order valence-electron chi connectivity index (χ4n) is 3.27. The van der Waals surface area contributed by atoms with E-state index in [2.05, 4.69) is 20.5 Å². The number of carbonyl (C=O) groups is 1. The molecule has 110 valence electrons. The quantitative estimate of drug-likeness (QED) is 0.895. The molecule has 3 rings (SSSR count). The molecule has 1 aromatic rings. The number of carbonyl (C=O) groups excluding carboxylic acids is 1. The van der Waals surface area contributed by atoms with Crippen molar-refractivity contribution in [3.8, 4) is 0 Å². The van der Waals surface area contributed by atoms with Crippen molar-refractivity contribution in [3.05, 3.63) is 16.1 Å². The third kappa shape index (κ3) is 3.12. The van der Waals surface area contributed by atoms with Crippen LogP contribution in [0.2, 0.25) is 0 Å². The fraction of sp³-hybridized carbons (Fsp3) is 0.714. The first-order valence-corrected chi connectivity index (χ1v) is 8.30. The first-order chi connectivity index (χ1) is 9.72. The zero-order valence-corrected chi connectivity index (χ0v) is 12.7. The summed E-state index contributed by atoms with van der Waals surface area (Å²) in [6, 6.07) is 0.806. The highest BCUT2D eigenvalue weighted by Crippen LogP contribution is 2.26. The maximum Gasteiger partial charge on any atom is 0.315 e. The normalized spacial score (nSPS) is 26.2. The zero-order chi connectivity index (χ0) is 13.9. The van der Waals surface area contributed by atoms with Gasteiger partial charge in [-0.25, -0.2) is 9.78 Å². The number of fused-ring (bicyclic) bond motifs is 1. The van der Waals surface area contributed by atoms with Gasteiger partial charge in [-0.15, -0.1) is 11.3 Å². The Morgan fingerprint density at radius 3 is 3.15 bits per heavy atom. The van der Waals surface area contributed by atoms with Gasteiger partial charge in [0.05, 0.1) is 6.54 Å². The third-order valence-electron chi connectivity index (χ3n) is 4.24. The van der Waals surface area contributed by atoms with E-state index in [-0.39, 0.29) is 6.03 Å². The van der Waals surface area contributed by atoms with Gasteiger partial charge in [-0.1, -0.05) is 6.42 Å². The number of thiazole rings is 1. The molecule has 0 saturated carbocycles. The Balaban J connectivity index is 1.46. The summed E-state index contributed by atoms with van der Waals surface area (Å²) in [6.45, 7) is 4.81. The summed E-state index contributed by atoms with van der Waals surface area (Å²) >= 11 is 1.59. The van der Waals surface area contributed by atoms with E-state index in [1.165, 1.54) is 25.8 Å². The minimum absolute atomic E-state index is 0.0599. The lowest BCUT2D eigenvalue weighted by atomic mass is 9.99. The van der Waals surface area contributed by atoms with Crippen LogP contribution in [0.1, 0.15) is 36.4 Å². The molecule has 0 radical (unpaired) electrons. The van der Waals surface area contributed by atoms with Crippen LogP contribution in [-0.4, -0.2) is 41.1 Å². The van der Waals surface area contributed by atoms with Gasteiger partial charge in [-0.05, 0) is 32.7 Å². The number of hydrogen-bond acceptors (Lipinski definition) is 4. The van der Waals surface area contributed by atoms with Gasteiger partial charge in [0.25, 0.3) is 0 Å². The lowest BCUT2D eigenvalue weighted by Gasteiger charge is -2.32. The lowest BCUT2D eigenvalue weighted by Crippen LogP contribution is -2.49. The van der Waals surface area contributed by atoms with E-state index >= 15 is 0 Å². The van der Waals surface area contributed by atoms with Crippen LogP contribution in [0, 0.1) is 6.92 Å². The lowest BCUT2D eigenvalue weighted by molar-refractivity contribution is 0.179. The van der Waals surface area contributed by atoms with Crippen LogP contribution in [0.15, 0.2) is 5.38 Å². The average Bonchev–Trinajstić information content (AvgIpc) is 3.04. The molecule has 0 spiro atoms. The van der Waals surface area contributed by atoms with E-state index in [1.54, 1.807) is 11.3 Å². The highest BCUT2D eigenvalue weighted by molar-refractivity contribution is 7.09. The Labute approximate surface area is 123 Å². The summed E-state index contributed by atoms with van der Waals surface area (Å²) in [6.07, 6.45) is 4.89. The number of aromatic nitrogens is 1. The van der Waals surface area contributed by atoms with Crippen LogP contribution in [0.4, 0.5) is 4.79 Å². The summed E-state index contributed by atoms with van der Waals surface area (Å²) in [4.78, 5) is 18.9. The smallest absolute Gasteiger partial charge is 0.315 e. The Bertz CT molecular complexity index is 475. The van der Waals surface area contributed by atoms with Crippen molar-refractivity contribution in [2.75, 3.05) is 13.1 Å². The summed E-state index contributed by atoms with van der Waals surface area (Å²) < 4.78 is 0. The van der Waals surface area contributed by atoms with Gasteiger partial charge in [0.15, 0.2) is 0 Å². The van der Waals surface area contributed by atoms with Gasteiger partial charge in [0.1, 0.15) is 5.01 Å². The van der Waals surface area contributed by atoms with E-state index in [0.29, 0.717) is 18.6 Å². The minimum atomic E-state index is -0.0599. The first kappa shape index (κ1) is 13.8. The second-order valence-electron chi connectivity index (χ2n) is 5.70. The number of nitrogens with zero attached hydrogens (tertiary/aromatic N) is 2. The molecule has 2 aliphatic rings. The molecule has 5 nitrogen and oxygen atoms in total. The van der Waals surface area contributed by atoms with Crippen LogP contribution < -0.4 is 10.6 Å². The molecule has 2 atom stereocenters. The third-order valence-corrected chi connectivity index (χ3v) is 5.21. The first-order valence-electron chi connectivity index (χ1n) is 7.42. The maximum absolute atomic E-state index is 12.0. The molecule has 0 aromatic carbocycles. The highest BCUT2D eigenvalue weighted by atomic mass is 32.1. The number of hydrogen-bond donors (Lipinski definition) is 2. The van der Waals surface area contributed by atoms with Crippen molar-refractivity contribution < 1.29 is 4.79 Å². The molecule has 2 amide bonds. The summed E-state index contributed by atoms with van der Waals surface area (Å²) in [5.74, 6) is 0. The van der Waals surface area contributed by atoms with Crippen LogP contribution in [0.5, 0.6) is 0 Å². The molecule has 2 saturated heterocycles. The second kappa shape index (κ2) is 6.10. The van der Waals surface area contributed by atoms with Crippen molar-refractivity contribution >= 4 is 17.4 Å². The molecule has 20 heavy (non-hydrogen) atoms. The molecule has 0 aliphatic carbocycles. The van der Waals surface area contributed by atoms with E-state index in [4.69, 9.17) is 0 Å². The maximum atomic E-state index is 12.0. The summed E-state index contributed by atoms with van der Waals surface area (Å²) in [5.41, 5.74) is 1.01. The Morgan fingerprint density at radius 2 is 2.35 bits per heavy atom. The highest BCUT2D eigenvalue weighted by Gasteiger charge is 2.36. The van der Waals surface area contributed by atoms with Gasteiger partial charge in [0.2, 0.25) is 0 Å². The number of amides is 2. The number of aryl methyl sites for hydroxylation is 1.